The Morgan fingerprint density at radius 3 is 2.46 bits per heavy atom. The van der Waals surface area contributed by atoms with E-state index in [1.54, 1.807) is 13.1 Å². The monoisotopic (exact) mass is 318 g/mol. The highest BCUT2D eigenvalue weighted by Gasteiger charge is 2.08. The Balaban J connectivity index is 1.73. The molecule has 4 nitrogen and oxygen atoms in total. The molecule has 3 rings (SSSR count). The van der Waals surface area contributed by atoms with E-state index >= 15 is 0 Å². The summed E-state index contributed by atoms with van der Waals surface area (Å²) in [6.45, 7) is 5.39. The van der Waals surface area contributed by atoms with Gasteiger partial charge in [-0.3, -0.25) is 4.79 Å². The van der Waals surface area contributed by atoms with Gasteiger partial charge in [0.15, 0.2) is 5.76 Å². The molecule has 120 valence electrons. The van der Waals surface area contributed by atoms with Crippen LogP contribution in [0.5, 0.6) is 0 Å². The SMILES string of the molecule is C=C(CC(C)=O)Nc1ccc(-c2cnc(-c3ccccc3)o2)cc1. The molecule has 0 aliphatic heterocycles. The van der Waals surface area contributed by atoms with Crippen molar-refractivity contribution in [2.24, 2.45) is 0 Å². The van der Waals surface area contributed by atoms with Crippen molar-refractivity contribution in [2.45, 2.75) is 13.3 Å². The number of anilines is 1. The number of hydrogen-bond acceptors (Lipinski definition) is 4. The molecular weight excluding hydrogens is 300 g/mol. The highest BCUT2D eigenvalue weighted by atomic mass is 16.4. The molecule has 0 radical (unpaired) electrons. The van der Waals surface area contributed by atoms with Crippen molar-refractivity contribution in [1.29, 1.82) is 0 Å². The molecule has 0 aliphatic carbocycles. The van der Waals surface area contributed by atoms with Gasteiger partial charge in [-0.1, -0.05) is 24.8 Å². The summed E-state index contributed by atoms with van der Waals surface area (Å²) in [5.41, 5.74) is 3.45. The van der Waals surface area contributed by atoms with E-state index in [1.807, 2.05) is 54.6 Å². The van der Waals surface area contributed by atoms with Crippen molar-refractivity contribution < 1.29 is 9.21 Å². The van der Waals surface area contributed by atoms with Crippen molar-refractivity contribution in [2.75, 3.05) is 5.32 Å². The first-order chi connectivity index (χ1) is 11.6. The van der Waals surface area contributed by atoms with Gasteiger partial charge in [-0.2, -0.15) is 0 Å². The number of carbonyl (C=O) groups excluding carboxylic acids is 1. The van der Waals surface area contributed by atoms with Crippen LogP contribution in [0.4, 0.5) is 5.69 Å². The number of Topliss-reactive ketones (excluding diaryl/α,β-unsaturated/α-hetero) is 1. The molecule has 1 heterocycles. The first kappa shape index (κ1) is 15.7. The Kier molecular flexibility index (Phi) is 4.57. The van der Waals surface area contributed by atoms with Crippen LogP contribution in [-0.4, -0.2) is 10.8 Å². The van der Waals surface area contributed by atoms with E-state index < -0.39 is 0 Å². The molecule has 0 saturated heterocycles. The Hall–Kier alpha value is -3.14. The zero-order valence-electron chi connectivity index (χ0n) is 13.5. The summed E-state index contributed by atoms with van der Waals surface area (Å²) in [4.78, 5) is 15.4. The first-order valence-corrected chi connectivity index (χ1v) is 7.68. The zero-order chi connectivity index (χ0) is 16.9. The van der Waals surface area contributed by atoms with E-state index in [4.69, 9.17) is 4.42 Å². The number of rotatable bonds is 6. The third-order valence-electron chi connectivity index (χ3n) is 3.48. The van der Waals surface area contributed by atoms with Gasteiger partial charge in [-0.25, -0.2) is 4.98 Å². The minimum absolute atomic E-state index is 0.0826. The number of ketones is 1. The zero-order valence-corrected chi connectivity index (χ0v) is 13.5. The van der Waals surface area contributed by atoms with Gasteiger partial charge in [0.25, 0.3) is 0 Å². The van der Waals surface area contributed by atoms with Crippen molar-refractivity contribution in [3.8, 4) is 22.8 Å². The highest BCUT2D eigenvalue weighted by molar-refractivity contribution is 5.79. The minimum atomic E-state index is 0.0826. The lowest BCUT2D eigenvalue weighted by Crippen LogP contribution is -2.02. The van der Waals surface area contributed by atoms with Crippen LogP contribution in [-0.2, 0) is 4.79 Å². The molecule has 0 bridgehead atoms. The predicted molar refractivity (Wildman–Crippen MR) is 95.4 cm³/mol. The molecule has 0 unspecified atom stereocenters. The number of hydrogen-bond donors (Lipinski definition) is 1. The second-order valence-corrected chi connectivity index (χ2v) is 5.58. The topological polar surface area (TPSA) is 55.1 Å². The van der Waals surface area contributed by atoms with E-state index in [2.05, 4.69) is 16.9 Å². The summed E-state index contributed by atoms with van der Waals surface area (Å²) in [5, 5.41) is 3.12. The number of allylic oxidation sites excluding steroid dienone is 1. The maximum absolute atomic E-state index is 11.1. The van der Waals surface area contributed by atoms with Gasteiger partial charge in [0.1, 0.15) is 5.78 Å². The minimum Gasteiger partial charge on any atom is -0.436 e. The van der Waals surface area contributed by atoms with Gasteiger partial charge >= 0.3 is 0 Å². The third-order valence-corrected chi connectivity index (χ3v) is 3.48. The molecule has 3 aromatic rings. The van der Waals surface area contributed by atoms with Crippen molar-refractivity contribution in [1.82, 2.24) is 4.98 Å². The lowest BCUT2D eigenvalue weighted by Gasteiger charge is -2.08. The average Bonchev–Trinajstić information content (AvgIpc) is 3.05. The van der Waals surface area contributed by atoms with Gasteiger partial charge < -0.3 is 9.73 Å². The van der Waals surface area contributed by atoms with Gasteiger partial charge in [-0.15, -0.1) is 0 Å². The molecule has 0 aliphatic rings. The van der Waals surface area contributed by atoms with E-state index in [1.165, 1.54) is 0 Å². The molecule has 24 heavy (non-hydrogen) atoms. The molecule has 1 N–H and O–H groups in total. The maximum Gasteiger partial charge on any atom is 0.226 e. The Morgan fingerprint density at radius 1 is 1.08 bits per heavy atom. The number of benzene rings is 2. The fraction of sp³-hybridized carbons (Fsp3) is 0.100. The Morgan fingerprint density at radius 2 is 1.79 bits per heavy atom. The van der Waals surface area contributed by atoms with E-state index in [0.717, 1.165) is 16.8 Å². The van der Waals surface area contributed by atoms with Crippen LogP contribution in [0.25, 0.3) is 22.8 Å². The van der Waals surface area contributed by atoms with Crippen LogP contribution in [0.3, 0.4) is 0 Å². The summed E-state index contributed by atoms with van der Waals surface area (Å²) < 4.78 is 5.84. The van der Waals surface area contributed by atoms with E-state index in [0.29, 0.717) is 23.8 Å². The maximum atomic E-state index is 11.1. The van der Waals surface area contributed by atoms with Gasteiger partial charge in [-0.05, 0) is 43.3 Å². The van der Waals surface area contributed by atoms with E-state index in [-0.39, 0.29) is 5.78 Å². The van der Waals surface area contributed by atoms with Gasteiger partial charge in [0.05, 0.1) is 6.20 Å². The number of nitrogens with one attached hydrogen (secondary N) is 1. The number of aromatic nitrogens is 1. The van der Waals surface area contributed by atoms with Crippen molar-refractivity contribution >= 4 is 11.5 Å². The Labute approximate surface area is 140 Å². The normalized spacial score (nSPS) is 10.4. The van der Waals surface area contributed by atoms with Crippen LogP contribution in [0.15, 0.2) is 77.5 Å². The van der Waals surface area contributed by atoms with Crippen molar-refractivity contribution in [3.63, 3.8) is 0 Å². The summed E-state index contributed by atoms with van der Waals surface area (Å²) in [7, 11) is 0. The summed E-state index contributed by atoms with van der Waals surface area (Å²) in [6.07, 6.45) is 2.05. The van der Waals surface area contributed by atoms with Crippen molar-refractivity contribution in [3.05, 3.63) is 73.1 Å². The molecule has 0 spiro atoms. The Bertz CT molecular complexity index is 849. The predicted octanol–water partition coefficient (Wildman–Crippen LogP) is 4.91. The number of nitrogens with zero attached hydrogens (tertiary/aromatic N) is 1. The van der Waals surface area contributed by atoms with Crippen LogP contribution in [0.1, 0.15) is 13.3 Å². The quantitative estimate of drug-likeness (QED) is 0.701. The first-order valence-electron chi connectivity index (χ1n) is 7.68. The molecule has 0 amide bonds. The lowest BCUT2D eigenvalue weighted by atomic mass is 10.1. The van der Waals surface area contributed by atoms with Gasteiger partial charge in [0.2, 0.25) is 5.89 Å². The standard InChI is InChI=1S/C20H18N2O2/c1-14(12-15(2)23)22-18-10-8-16(9-11-18)19-13-21-20(24-19)17-6-4-3-5-7-17/h3-11,13,22H,1,12H2,2H3. The lowest BCUT2D eigenvalue weighted by molar-refractivity contribution is -0.116. The fourth-order valence-electron chi connectivity index (χ4n) is 2.39. The highest BCUT2D eigenvalue weighted by Crippen LogP contribution is 2.27. The molecule has 0 fully saturated rings. The molecule has 0 saturated carbocycles. The van der Waals surface area contributed by atoms with Crippen LogP contribution in [0.2, 0.25) is 0 Å². The molecule has 1 aromatic heterocycles. The largest absolute Gasteiger partial charge is 0.436 e. The molecule has 2 aromatic carbocycles. The average molecular weight is 318 g/mol. The van der Waals surface area contributed by atoms with Crippen LogP contribution in [0, 0.1) is 0 Å². The summed E-state index contributed by atoms with van der Waals surface area (Å²) in [5.74, 6) is 1.39. The van der Waals surface area contributed by atoms with E-state index in [9.17, 15) is 4.79 Å². The number of carbonyl (C=O) groups is 1. The summed E-state index contributed by atoms with van der Waals surface area (Å²) >= 11 is 0. The second-order valence-electron chi connectivity index (χ2n) is 5.58. The fourth-order valence-corrected chi connectivity index (χ4v) is 2.39. The molecule has 0 atom stereocenters. The second kappa shape index (κ2) is 6.96. The third kappa shape index (κ3) is 3.79. The number of oxazole rings is 1. The molecular formula is C20H18N2O2. The van der Waals surface area contributed by atoms with Crippen LogP contribution >= 0.6 is 0 Å². The van der Waals surface area contributed by atoms with Crippen LogP contribution < -0.4 is 5.32 Å². The smallest absolute Gasteiger partial charge is 0.226 e. The van der Waals surface area contributed by atoms with Gasteiger partial charge in [0, 0.05) is 28.9 Å². The molecule has 4 heteroatoms. The summed E-state index contributed by atoms with van der Waals surface area (Å²) in [6, 6.07) is 17.5.